The van der Waals surface area contributed by atoms with E-state index in [1.165, 1.54) is 22.5 Å². The van der Waals surface area contributed by atoms with Gasteiger partial charge in [0, 0.05) is 29.7 Å². The Hall–Kier alpha value is -2.49. The second kappa shape index (κ2) is 9.55. The fraction of sp³-hybridized carbons (Fsp3) is 0.300. The second-order valence-electron chi connectivity index (χ2n) is 6.88. The topological polar surface area (TPSA) is 95.6 Å². The molecule has 30 heavy (non-hydrogen) atoms. The van der Waals surface area contributed by atoms with E-state index >= 15 is 0 Å². The molecular formula is C20H21ClFN3O4S. The maximum Gasteiger partial charge on any atom is 0.245 e. The van der Waals surface area contributed by atoms with Crippen LogP contribution in [0, 0.1) is 11.7 Å². The Morgan fingerprint density at radius 3 is 2.33 bits per heavy atom. The van der Waals surface area contributed by atoms with Crippen molar-refractivity contribution >= 4 is 39.1 Å². The van der Waals surface area contributed by atoms with Crippen molar-refractivity contribution in [3.8, 4) is 0 Å². The number of hydrogen-bond acceptors (Lipinski definition) is 4. The van der Waals surface area contributed by atoms with Crippen LogP contribution in [0.2, 0.25) is 5.02 Å². The van der Waals surface area contributed by atoms with Crippen LogP contribution < -0.4 is 10.6 Å². The van der Waals surface area contributed by atoms with E-state index in [1.54, 1.807) is 24.3 Å². The number of amides is 2. The van der Waals surface area contributed by atoms with Gasteiger partial charge in [0.1, 0.15) is 10.7 Å². The van der Waals surface area contributed by atoms with Gasteiger partial charge in [0.15, 0.2) is 0 Å². The Morgan fingerprint density at radius 2 is 1.70 bits per heavy atom. The third kappa shape index (κ3) is 5.35. The standard InChI is InChI=1S/C20H21ClFN3O4S/c21-15-5-7-16(8-6-15)24-19(26)13-23-20(27)14-9-11-25(12-10-14)30(28,29)18-4-2-1-3-17(18)22/h1-8,14H,9-13H2,(H,23,27)(H,24,26). The first-order chi connectivity index (χ1) is 14.3. The first kappa shape index (κ1) is 22.2. The van der Waals surface area contributed by atoms with E-state index in [1.807, 2.05) is 0 Å². The van der Waals surface area contributed by atoms with E-state index in [0.29, 0.717) is 10.7 Å². The molecule has 0 aromatic heterocycles. The van der Waals surface area contributed by atoms with E-state index in [9.17, 15) is 22.4 Å². The first-order valence-electron chi connectivity index (χ1n) is 9.35. The van der Waals surface area contributed by atoms with Crippen LogP contribution >= 0.6 is 11.6 Å². The fourth-order valence-electron chi connectivity index (χ4n) is 3.20. The third-order valence-electron chi connectivity index (χ3n) is 4.83. The molecule has 0 radical (unpaired) electrons. The number of rotatable bonds is 6. The first-order valence-corrected chi connectivity index (χ1v) is 11.2. The summed E-state index contributed by atoms with van der Waals surface area (Å²) in [7, 11) is -3.95. The summed E-state index contributed by atoms with van der Waals surface area (Å²) in [6.07, 6.45) is 0.580. The highest BCUT2D eigenvalue weighted by Gasteiger charge is 2.33. The van der Waals surface area contributed by atoms with Gasteiger partial charge in [0.05, 0.1) is 6.54 Å². The predicted molar refractivity (Wildman–Crippen MR) is 111 cm³/mol. The molecular weight excluding hydrogens is 433 g/mol. The third-order valence-corrected chi connectivity index (χ3v) is 7.01. The maximum atomic E-state index is 13.9. The van der Waals surface area contributed by atoms with Crippen molar-refractivity contribution in [2.75, 3.05) is 25.0 Å². The molecule has 0 spiro atoms. The van der Waals surface area contributed by atoms with Gasteiger partial charge in [0.2, 0.25) is 21.8 Å². The molecule has 2 aromatic carbocycles. The van der Waals surface area contributed by atoms with Crippen LogP contribution in [-0.2, 0) is 19.6 Å². The number of piperidine rings is 1. The molecule has 3 rings (SSSR count). The molecule has 2 aromatic rings. The molecule has 2 N–H and O–H groups in total. The van der Waals surface area contributed by atoms with Gasteiger partial charge in [-0.25, -0.2) is 12.8 Å². The molecule has 7 nitrogen and oxygen atoms in total. The van der Waals surface area contributed by atoms with Crippen LogP contribution in [0.1, 0.15) is 12.8 Å². The lowest BCUT2D eigenvalue weighted by Gasteiger charge is -2.30. The molecule has 1 saturated heterocycles. The van der Waals surface area contributed by atoms with Crippen LogP contribution in [0.5, 0.6) is 0 Å². The predicted octanol–water partition coefficient (Wildman–Crippen LogP) is 2.63. The van der Waals surface area contributed by atoms with Crippen molar-refractivity contribution in [1.29, 1.82) is 0 Å². The minimum absolute atomic E-state index is 0.103. The minimum atomic E-state index is -3.95. The highest BCUT2D eigenvalue weighted by molar-refractivity contribution is 7.89. The van der Waals surface area contributed by atoms with Crippen LogP contribution in [-0.4, -0.2) is 44.2 Å². The largest absolute Gasteiger partial charge is 0.347 e. The molecule has 0 unspecified atom stereocenters. The van der Waals surface area contributed by atoms with Gasteiger partial charge >= 0.3 is 0 Å². The monoisotopic (exact) mass is 453 g/mol. The summed E-state index contributed by atoms with van der Waals surface area (Å²) in [4.78, 5) is 23.9. The zero-order valence-corrected chi connectivity index (χ0v) is 17.5. The lowest BCUT2D eigenvalue weighted by atomic mass is 9.97. The number of nitrogens with zero attached hydrogens (tertiary/aromatic N) is 1. The Labute approximate surface area is 179 Å². The summed E-state index contributed by atoms with van der Waals surface area (Å²) in [5.74, 6) is -1.92. The van der Waals surface area contributed by atoms with Gasteiger partial charge in [-0.1, -0.05) is 23.7 Å². The number of carbonyl (C=O) groups is 2. The van der Waals surface area contributed by atoms with E-state index in [0.717, 1.165) is 6.07 Å². The summed E-state index contributed by atoms with van der Waals surface area (Å²) < 4.78 is 40.3. The second-order valence-corrected chi connectivity index (χ2v) is 9.22. The SMILES string of the molecule is O=C(CNC(=O)C1CCN(S(=O)(=O)c2ccccc2F)CC1)Nc1ccc(Cl)cc1. The van der Waals surface area contributed by atoms with Crippen LogP contribution in [0.15, 0.2) is 53.4 Å². The molecule has 1 fully saturated rings. The van der Waals surface area contributed by atoms with Gasteiger partial charge in [-0.15, -0.1) is 0 Å². The summed E-state index contributed by atoms with van der Waals surface area (Å²) in [5.41, 5.74) is 0.560. The Kier molecular flexibility index (Phi) is 7.06. The number of nitrogens with one attached hydrogen (secondary N) is 2. The molecule has 1 aliphatic rings. The Bertz CT molecular complexity index is 1020. The van der Waals surface area contributed by atoms with Crippen molar-refractivity contribution in [1.82, 2.24) is 9.62 Å². The Balaban J connectivity index is 1.48. The zero-order valence-electron chi connectivity index (χ0n) is 16.0. The van der Waals surface area contributed by atoms with Gasteiger partial charge in [-0.2, -0.15) is 4.31 Å². The van der Waals surface area contributed by atoms with Crippen LogP contribution in [0.4, 0.5) is 10.1 Å². The number of halogens is 2. The molecule has 0 atom stereocenters. The fourth-order valence-corrected chi connectivity index (χ4v) is 4.86. The number of carbonyl (C=O) groups excluding carboxylic acids is 2. The molecule has 10 heteroatoms. The lowest BCUT2D eigenvalue weighted by molar-refractivity contribution is -0.128. The number of anilines is 1. The summed E-state index contributed by atoms with van der Waals surface area (Å²) in [5, 5.41) is 5.76. The van der Waals surface area contributed by atoms with E-state index in [4.69, 9.17) is 11.6 Å². The van der Waals surface area contributed by atoms with Crippen molar-refractivity contribution in [2.45, 2.75) is 17.7 Å². The molecule has 2 amide bonds. The molecule has 1 aliphatic heterocycles. The summed E-state index contributed by atoms with van der Waals surface area (Å²) >= 11 is 5.79. The van der Waals surface area contributed by atoms with Crippen molar-refractivity contribution in [2.24, 2.45) is 5.92 Å². The number of hydrogen-bond donors (Lipinski definition) is 2. The van der Waals surface area contributed by atoms with Gasteiger partial charge in [-0.05, 0) is 49.2 Å². The zero-order chi connectivity index (χ0) is 21.7. The number of benzene rings is 2. The van der Waals surface area contributed by atoms with Crippen LogP contribution in [0.3, 0.4) is 0 Å². The molecule has 0 saturated carbocycles. The van der Waals surface area contributed by atoms with Crippen molar-refractivity contribution in [3.05, 3.63) is 59.4 Å². The molecule has 160 valence electrons. The lowest BCUT2D eigenvalue weighted by Crippen LogP contribution is -2.44. The minimum Gasteiger partial charge on any atom is -0.347 e. The van der Waals surface area contributed by atoms with Gasteiger partial charge < -0.3 is 10.6 Å². The smallest absolute Gasteiger partial charge is 0.245 e. The molecule has 1 heterocycles. The normalized spacial score (nSPS) is 15.5. The highest BCUT2D eigenvalue weighted by atomic mass is 35.5. The van der Waals surface area contributed by atoms with E-state index in [-0.39, 0.29) is 49.2 Å². The van der Waals surface area contributed by atoms with Crippen LogP contribution in [0.25, 0.3) is 0 Å². The average Bonchev–Trinajstić information content (AvgIpc) is 2.74. The average molecular weight is 454 g/mol. The van der Waals surface area contributed by atoms with Crippen molar-refractivity contribution in [3.63, 3.8) is 0 Å². The van der Waals surface area contributed by atoms with Gasteiger partial charge in [0.25, 0.3) is 0 Å². The molecule has 0 aliphatic carbocycles. The Morgan fingerprint density at radius 1 is 1.07 bits per heavy atom. The quantitative estimate of drug-likeness (QED) is 0.702. The highest BCUT2D eigenvalue weighted by Crippen LogP contribution is 2.25. The number of sulfonamides is 1. The summed E-state index contributed by atoms with van der Waals surface area (Å²) in [6.45, 7) is 0.00660. The van der Waals surface area contributed by atoms with E-state index in [2.05, 4.69) is 10.6 Å². The molecule has 0 bridgehead atoms. The maximum absolute atomic E-state index is 13.9. The van der Waals surface area contributed by atoms with Gasteiger partial charge in [-0.3, -0.25) is 9.59 Å². The van der Waals surface area contributed by atoms with Crippen molar-refractivity contribution < 1.29 is 22.4 Å². The summed E-state index contributed by atoms with van der Waals surface area (Å²) in [6, 6.07) is 11.8. The van der Waals surface area contributed by atoms with E-state index < -0.39 is 21.8 Å².